The van der Waals surface area contributed by atoms with Crippen LogP contribution in [0.25, 0.3) is 21.9 Å². The van der Waals surface area contributed by atoms with Crippen molar-refractivity contribution in [2.75, 3.05) is 0 Å². The monoisotopic (exact) mass is 232 g/mol. The lowest BCUT2D eigenvalue weighted by Gasteiger charge is -1.94. The summed E-state index contributed by atoms with van der Waals surface area (Å²) in [4.78, 5) is 12.5. The molecule has 0 radical (unpaired) electrons. The summed E-state index contributed by atoms with van der Waals surface area (Å²) in [6.45, 7) is 0. The largest absolute Gasteiger partial charge is 0.415 e. The van der Waals surface area contributed by atoms with Crippen LogP contribution in [-0.4, -0.2) is 15.1 Å². The molecule has 9 heteroatoms. The number of nitro groups is 1. The average molecular weight is 232 g/mol. The number of hydrogen-bond donors (Lipinski definition) is 0. The Hall–Kier alpha value is -2.93. The van der Waals surface area contributed by atoms with Crippen molar-refractivity contribution in [1.29, 1.82) is 0 Å². The molecule has 9 nitrogen and oxygen atoms in total. The van der Waals surface area contributed by atoms with Crippen molar-refractivity contribution in [2.45, 2.75) is 0 Å². The lowest BCUT2D eigenvalue weighted by atomic mass is 10.2. The van der Waals surface area contributed by atoms with Crippen molar-refractivity contribution in [1.82, 2.24) is 10.2 Å². The molecule has 17 heavy (non-hydrogen) atoms. The molecule has 0 aliphatic carbocycles. The fraction of sp³-hybridized carbons (Fsp3) is 0. The van der Waals surface area contributed by atoms with Gasteiger partial charge in [0.2, 0.25) is 5.89 Å². The van der Waals surface area contributed by atoms with E-state index >= 15 is 0 Å². The summed E-state index contributed by atoms with van der Waals surface area (Å²) in [5.74, 6) is 0.0519. The fourth-order valence-electron chi connectivity index (χ4n) is 1.16. The number of non-ortho nitro benzene ring substituents is 1. The molecule has 0 saturated carbocycles. The topological polar surface area (TPSA) is 131 Å². The third kappa shape index (κ3) is 2.19. The highest BCUT2D eigenvalue weighted by Gasteiger charge is 2.11. The van der Waals surface area contributed by atoms with E-state index < -0.39 is 4.92 Å². The lowest BCUT2D eigenvalue weighted by Crippen LogP contribution is -1.88. The van der Waals surface area contributed by atoms with E-state index in [9.17, 15) is 10.1 Å². The summed E-state index contributed by atoms with van der Waals surface area (Å²) in [6, 6.07) is 5.45. The fourth-order valence-corrected chi connectivity index (χ4v) is 1.16. The molecule has 0 N–H and O–H groups in total. The van der Waals surface area contributed by atoms with E-state index in [1.54, 1.807) is 6.07 Å². The Labute approximate surface area is 93.5 Å². The Kier molecular flexibility index (Phi) is 2.67. The van der Waals surface area contributed by atoms with Crippen molar-refractivity contribution in [2.24, 2.45) is 5.11 Å². The first-order chi connectivity index (χ1) is 8.20. The second kappa shape index (κ2) is 4.29. The van der Waals surface area contributed by atoms with Gasteiger partial charge < -0.3 is 4.42 Å². The maximum absolute atomic E-state index is 10.6. The molecule has 1 aromatic heterocycles. The maximum atomic E-state index is 10.6. The summed E-state index contributed by atoms with van der Waals surface area (Å²) in [5.41, 5.74) is 8.45. The summed E-state index contributed by atoms with van der Waals surface area (Å²) in [5, 5.41) is 20.7. The molecule has 0 bridgehead atoms. The minimum absolute atomic E-state index is 0.0519. The van der Waals surface area contributed by atoms with Gasteiger partial charge in [-0.2, -0.15) is 0 Å². The average Bonchev–Trinajstić information content (AvgIpc) is 2.78. The summed E-state index contributed by atoms with van der Waals surface area (Å²) in [6.07, 6.45) is 0. The van der Waals surface area contributed by atoms with Gasteiger partial charge in [-0.1, -0.05) is 6.07 Å². The second-order valence-corrected chi connectivity index (χ2v) is 2.89. The summed E-state index contributed by atoms with van der Waals surface area (Å²) >= 11 is 0. The van der Waals surface area contributed by atoms with E-state index in [2.05, 4.69) is 20.2 Å². The molecule has 0 fully saturated rings. The van der Waals surface area contributed by atoms with E-state index in [0.29, 0.717) is 5.56 Å². The third-order valence-electron chi connectivity index (χ3n) is 1.85. The highest BCUT2D eigenvalue weighted by molar-refractivity contribution is 5.57. The summed E-state index contributed by atoms with van der Waals surface area (Å²) in [7, 11) is 0. The van der Waals surface area contributed by atoms with Crippen molar-refractivity contribution in [3.05, 3.63) is 44.8 Å². The van der Waals surface area contributed by atoms with Crippen molar-refractivity contribution < 1.29 is 9.34 Å². The van der Waals surface area contributed by atoms with Crippen LogP contribution in [0.3, 0.4) is 0 Å². The minimum atomic E-state index is -0.534. The van der Waals surface area contributed by atoms with Crippen LogP contribution in [0.5, 0.6) is 0 Å². The smallest absolute Gasteiger partial charge is 0.304 e. The number of nitro benzene ring substituents is 1. The van der Waals surface area contributed by atoms with E-state index in [-0.39, 0.29) is 17.6 Å². The van der Waals surface area contributed by atoms with Gasteiger partial charge in [0.05, 0.1) is 4.92 Å². The minimum Gasteiger partial charge on any atom is -0.415 e. The molecule has 1 aromatic carbocycles. The van der Waals surface area contributed by atoms with Crippen LogP contribution < -0.4 is 0 Å². The van der Waals surface area contributed by atoms with E-state index in [1.807, 2.05) is 0 Å². The SMILES string of the molecule is [N-]=[N+]=Nc1nnc(-c2cccc([N+](=O)[O-])c2)o1. The quantitative estimate of drug-likeness (QED) is 0.264. The van der Waals surface area contributed by atoms with Crippen LogP contribution in [0.1, 0.15) is 0 Å². The van der Waals surface area contributed by atoms with Crippen molar-refractivity contribution in [3.63, 3.8) is 0 Å². The lowest BCUT2D eigenvalue weighted by molar-refractivity contribution is -0.384. The molecule has 0 spiro atoms. The number of nitrogens with zero attached hydrogens (tertiary/aromatic N) is 6. The van der Waals surface area contributed by atoms with Crippen LogP contribution >= 0.6 is 0 Å². The molecule has 0 aliphatic rings. The number of aromatic nitrogens is 2. The molecular weight excluding hydrogens is 228 g/mol. The van der Waals surface area contributed by atoms with Crippen LogP contribution in [0.15, 0.2) is 33.8 Å². The molecule has 84 valence electrons. The Morgan fingerprint density at radius 3 is 3.00 bits per heavy atom. The highest BCUT2D eigenvalue weighted by Crippen LogP contribution is 2.24. The van der Waals surface area contributed by atoms with Gasteiger partial charge in [0, 0.05) is 27.7 Å². The van der Waals surface area contributed by atoms with Gasteiger partial charge in [-0.05, 0) is 11.6 Å². The Morgan fingerprint density at radius 1 is 1.47 bits per heavy atom. The molecule has 1 heterocycles. The zero-order valence-electron chi connectivity index (χ0n) is 8.22. The number of azide groups is 1. The normalized spacial score (nSPS) is 9.65. The van der Waals surface area contributed by atoms with Gasteiger partial charge in [0.25, 0.3) is 5.69 Å². The van der Waals surface area contributed by atoms with Crippen LogP contribution in [-0.2, 0) is 0 Å². The third-order valence-corrected chi connectivity index (χ3v) is 1.85. The second-order valence-electron chi connectivity index (χ2n) is 2.89. The van der Waals surface area contributed by atoms with Gasteiger partial charge in [-0.3, -0.25) is 10.1 Å². The van der Waals surface area contributed by atoms with Crippen LogP contribution in [0, 0.1) is 10.1 Å². The molecular formula is C8H4N6O3. The van der Waals surface area contributed by atoms with Gasteiger partial charge in [0.15, 0.2) is 0 Å². The van der Waals surface area contributed by atoms with Gasteiger partial charge in [0.1, 0.15) is 0 Å². The summed E-state index contributed by atoms with van der Waals surface area (Å²) < 4.78 is 4.98. The standard InChI is InChI=1S/C8H4N6O3/c9-13-12-8-11-10-7(17-8)5-2-1-3-6(4-5)14(15)16/h1-4H. The molecule has 0 aliphatic heterocycles. The molecule has 0 amide bonds. The van der Waals surface area contributed by atoms with E-state index in [0.717, 1.165) is 0 Å². The zero-order chi connectivity index (χ0) is 12.3. The molecule has 2 rings (SSSR count). The van der Waals surface area contributed by atoms with Crippen molar-refractivity contribution in [3.8, 4) is 11.5 Å². The Morgan fingerprint density at radius 2 is 2.29 bits per heavy atom. The first-order valence-electron chi connectivity index (χ1n) is 4.34. The molecule has 2 aromatic rings. The Balaban J connectivity index is 2.41. The molecule has 0 atom stereocenters. The maximum Gasteiger partial charge on any atom is 0.304 e. The first kappa shape index (κ1) is 10.6. The van der Waals surface area contributed by atoms with Gasteiger partial charge in [-0.25, -0.2) is 0 Å². The first-order valence-corrected chi connectivity index (χ1v) is 4.34. The molecule has 0 saturated heterocycles. The van der Waals surface area contributed by atoms with Crippen LogP contribution in [0.4, 0.5) is 11.7 Å². The van der Waals surface area contributed by atoms with Crippen LogP contribution in [0.2, 0.25) is 0 Å². The number of hydrogen-bond acceptors (Lipinski definition) is 6. The van der Waals surface area contributed by atoms with Crippen molar-refractivity contribution >= 4 is 11.7 Å². The number of rotatable bonds is 3. The molecule has 0 unspecified atom stereocenters. The predicted octanol–water partition coefficient (Wildman–Crippen LogP) is 2.59. The number of benzene rings is 1. The Bertz CT molecular complexity index is 615. The van der Waals surface area contributed by atoms with E-state index in [1.165, 1.54) is 18.2 Å². The van der Waals surface area contributed by atoms with E-state index in [4.69, 9.17) is 9.95 Å². The van der Waals surface area contributed by atoms with Gasteiger partial charge in [-0.15, -0.1) is 10.2 Å². The zero-order valence-corrected chi connectivity index (χ0v) is 8.22. The highest BCUT2D eigenvalue weighted by atomic mass is 16.6. The predicted molar refractivity (Wildman–Crippen MR) is 55.2 cm³/mol. The van der Waals surface area contributed by atoms with Gasteiger partial charge >= 0.3 is 6.01 Å².